The predicted molar refractivity (Wildman–Crippen MR) is 98.2 cm³/mol. The fourth-order valence-electron chi connectivity index (χ4n) is 1.95. The van der Waals surface area contributed by atoms with Gasteiger partial charge in [0, 0.05) is 12.1 Å². The molecule has 26 heavy (non-hydrogen) atoms. The van der Waals surface area contributed by atoms with Gasteiger partial charge in [0.15, 0.2) is 0 Å². The van der Waals surface area contributed by atoms with Crippen LogP contribution in [0.1, 0.15) is 20.7 Å². The molecule has 0 spiro atoms. The number of benzene rings is 2. The second kappa shape index (κ2) is 8.61. The van der Waals surface area contributed by atoms with E-state index in [1.165, 1.54) is 36.4 Å². The summed E-state index contributed by atoms with van der Waals surface area (Å²) in [5, 5.41) is 0.237. The maximum Gasteiger partial charge on any atom is 0.271 e. The minimum Gasteiger partial charge on any atom is -0.267 e. The van der Waals surface area contributed by atoms with E-state index in [4.69, 9.17) is 11.6 Å². The quantitative estimate of drug-likeness (QED) is 0.514. The summed E-state index contributed by atoms with van der Waals surface area (Å²) < 4.78 is 26.5. The highest BCUT2D eigenvalue weighted by Crippen LogP contribution is 2.14. The van der Waals surface area contributed by atoms with Gasteiger partial charge in [0.2, 0.25) is 10.0 Å². The average Bonchev–Trinajstić information content (AvgIpc) is 2.64. The second-order valence-corrected chi connectivity index (χ2v) is 7.23. The first-order chi connectivity index (χ1) is 12.3. The van der Waals surface area contributed by atoms with Crippen LogP contribution in [0.5, 0.6) is 0 Å². The summed E-state index contributed by atoms with van der Waals surface area (Å²) in [7, 11) is -3.76. The lowest BCUT2D eigenvalue weighted by Gasteiger charge is -2.10. The zero-order valence-corrected chi connectivity index (χ0v) is 15.1. The van der Waals surface area contributed by atoms with E-state index in [2.05, 4.69) is 22.2 Å². The van der Waals surface area contributed by atoms with Gasteiger partial charge in [0.05, 0.1) is 15.5 Å². The molecule has 9 heteroatoms. The van der Waals surface area contributed by atoms with Crippen molar-refractivity contribution in [3.63, 3.8) is 0 Å². The van der Waals surface area contributed by atoms with E-state index in [0.29, 0.717) is 0 Å². The van der Waals surface area contributed by atoms with Crippen LogP contribution in [-0.4, -0.2) is 26.8 Å². The third-order valence-corrected chi connectivity index (χ3v) is 4.98. The third-order valence-electron chi connectivity index (χ3n) is 3.23. The first-order valence-electron chi connectivity index (χ1n) is 7.41. The third kappa shape index (κ3) is 4.92. The fourth-order valence-corrected chi connectivity index (χ4v) is 3.22. The molecule has 0 aromatic heterocycles. The highest BCUT2D eigenvalue weighted by molar-refractivity contribution is 7.89. The summed E-state index contributed by atoms with van der Waals surface area (Å²) in [6, 6.07) is 11.7. The Hall–Kier alpha value is -2.68. The van der Waals surface area contributed by atoms with E-state index in [1.807, 2.05) is 0 Å². The molecule has 2 rings (SSSR count). The van der Waals surface area contributed by atoms with Crippen LogP contribution in [-0.2, 0) is 10.0 Å². The van der Waals surface area contributed by atoms with Gasteiger partial charge in [-0.05, 0) is 30.3 Å². The first-order valence-corrected chi connectivity index (χ1v) is 9.27. The van der Waals surface area contributed by atoms with Gasteiger partial charge >= 0.3 is 0 Å². The molecule has 0 aliphatic heterocycles. The van der Waals surface area contributed by atoms with Crippen molar-refractivity contribution in [2.75, 3.05) is 6.54 Å². The lowest BCUT2D eigenvalue weighted by Crippen LogP contribution is -2.41. The van der Waals surface area contributed by atoms with E-state index in [0.717, 1.165) is 0 Å². The van der Waals surface area contributed by atoms with E-state index in [-0.39, 0.29) is 27.6 Å². The SMILES string of the molecule is C=CCNS(=O)(=O)c1cccc(C(=O)NNC(=O)c2ccccc2Cl)c1. The maximum absolute atomic E-state index is 12.2. The maximum atomic E-state index is 12.2. The minimum atomic E-state index is -3.76. The van der Waals surface area contributed by atoms with Crippen molar-refractivity contribution in [1.29, 1.82) is 0 Å². The van der Waals surface area contributed by atoms with Crippen molar-refractivity contribution in [1.82, 2.24) is 15.6 Å². The molecule has 0 unspecified atom stereocenters. The topological polar surface area (TPSA) is 104 Å². The number of hydrogen-bond donors (Lipinski definition) is 3. The van der Waals surface area contributed by atoms with Gasteiger partial charge in [-0.1, -0.05) is 35.9 Å². The highest BCUT2D eigenvalue weighted by Gasteiger charge is 2.16. The molecule has 0 radical (unpaired) electrons. The van der Waals surface area contributed by atoms with Crippen LogP contribution >= 0.6 is 11.6 Å². The molecule has 3 N–H and O–H groups in total. The van der Waals surface area contributed by atoms with Gasteiger partial charge in [-0.2, -0.15) is 0 Å². The number of hydrogen-bond acceptors (Lipinski definition) is 4. The summed E-state index contributed by atoms with van der Waals surface area (Å²) in [5.74, 6) is -1.27. The van der Waals surface area contributed by atoms with Gasteiger partial charge in [-0.25, -0.2) is 13.1 Å². The fraction of sp³-hybridized carbons (Fsp3) is 0.0588. The van der Waals surface area contributed by atoms with Crippen LogP contribution in [0.15, 0.2) is 66.1 Å². The van der Waals surface area contributed by atoms with E-state index in [1.54, 1.807) is 18.2 Å². The number of carbonyl (C=O) groups is 2. The van der Waals surface area contributed by atoms with Gasteiger partial charge < -0.3 is 0 Å². The van der Waals surface area contributed by atoms with Crippen molar-refractivity contribution in [2.24, 2.45) is 0 Å². The van der Waals surface area contributed by atoms with Crippen LogP contribution in [0.3, 0.4) is 0 Å². The van der Waals surface area contributed by atoms with Crippen molar-refractivity contribution in [3.8, 4) is 0 Å². The summed E-state index contributed by atoms with van der Waals surface area (Å²) in [6.07, 6.45) is 1.40. The van der Waals surface area contributed by atoms with E-state index in [9.17, 15) is 18.0 Å². The van der Waals surface area contributed by atoms with Gasteiger partial charge in [-0.3, -0.25) is 20.4 Å². The zero-order chi connectivity index (χ0) is 19.2. The van der Waals surface area contributed by atoms with Crippen molar-refractivity contribution < 1.29 is 18.0 Å². The van der Waals surface area contributed by atoms with Gasteiger partial charge in [0.1, 0.15) is 0 Å². The number of amides is 2. The number of rotatable bonds is 6. The first kappa shape index (κ1) is 19.6. The molecule has 0 saturated carbocycles. The Morgan fingerprint density at radius 3 is 2.42 bits per heavy atom. The van der Waals surface area contributed by atoms with E-state index < -0.39 is 21.8 Å². The zero-order valence-electron chi connectivity index (χ0n) is 13.5. The Morgan fingerprint density at radius 2 is 1.73 bits per heavy atom. The number of sulfonamides is 1. The molecule has 2 aromatic carbocycles. The van der Waals surface area contributed by atoms with Crippen LogP contribution in [0, 0.1) is 0 Å². The van der Waals surface area contributed by atoms with Crippen LogP contribution < -0.4 is 15.6 Å². The molecule has 7 nitrogen and oxygen atoms in total. The number of hydrazine groups is 1. The number of carbonyl (C=O) groups excluding carboxylic acids is 2. The second-order valence-electron chi connectivity index (χ2n) is 5.06. The Morgan fingerprint density at radius 1 is 1.04 bits per heavy atom. The summed E-state index contributed by atoms with van der Waals surface area (Å²) >= 11 is 5.91. The molecule has 0 aliphatic carbocycles. The normalized spacial score (nSPS) is 10.8. The molecule has 136 valence electrons. The molecule has 0 saturated heterocycles. The molecule has 2 amide bonds. The standard InChI is InChI=1S/C17H16ClN3O4S/c1-2-10-19-26(24,25)13-7-5-6-12(11-13)16(22)20-21-17(23)14-8-3-4-9-15(14)18/h2-9,11,19H,1,10H2,(H,20,22)(H,21,23). The predicted octanol–water partition coefficient (Wildman–Crippen LogP) is 1.88. The molecular formula is C17H16ClN3O4S. The monoisotopic (exact) mass is 393 g/mol. The molecule has 0 fully saturated rings. The Kier molecular flexibility index (Phi) is 6.51. The Bertz CT molecular complexity index is 945. The Labute approximate surface area is 156 Å². The average molecular weight is 394 g/mol. The van der Waals surface area contributed by atoms with Crippen LogP contribution in [0.2, 0.25) is 5.02 Å². The van der Waals surface area contributed by atoms with Crippen molar-refractivity contribution in [2.45, 2.75) is 4.90 Å². The Balaban J connectivity index is 2.08. The van der Waals surface area contributed by atoms with Crippen LogP contribution in [0.25, 0.3) is 0 Å². The molecule has 0 bridgehead atoms. The summed E-state index contributed by atoms with van der Waals surface area (Å²) in [4.78, 5) is 24.1. The van der Waals surface area contributed by atoms with E-state index >= 15 is 0 Å². The lowest BCUT2D eigenvalue weighted by atomic mass is 10.2. The van der Waals surface area contributed by atoms with Gasteiger partial charge in [0.25, 0.3) is 11.8 Å². The lowest BCUT2D eigenvalue weighted by molar-refractivity contribution is 0.0846. The summed E-state index contributed by atoms with van der Waals surface area (Å²) in [5.41, 5.74) is 4.70. The smallest absolute Gasteiger partial charge is 0.267 e. The van der Waals surface area contributed by atoms with Crippen molar-refractivity contribution in [3.05, 3.63) is 77.3 Å². The molecule has 2 aromatic rings. The number of halogens is 1. The summed E-state index contributed by atoms with van der Waals surface area (Å²) in [6.45, 7) is 3.50. The van der Waals surface area contributed by atoms with Crippen LogP contribution in [0.4, 0.5) is 0 Å². The van der Waals surface area contributed by atoms with Gasteiger partial charge in [-0.15, -0.1) is 6.58 Å². The molecule has 0 heterocycles. The number of nitrogens with one attached hydrogen (secondary N) is 3. The molecule has 0 atom stereocenters. The molecular weight excluding hydrogens is 378 g/mol. The van der Waals surface area contributed by atoms with Crippen molar-refractivity contribution >= 4 is 33.4 Å². The minimum absolute atomic E-state index is 0.0611. The molecule has 0 aliphatic rings. The highest BCUT2D eigenvalue weighted by atomic mass is 35.5. The largest absolute Gasteiger partial charge is 0.271 e.